The van der Waals surface area contributed by atoms with Gasteiger partial charge in [-0.2, -0.15) is 0 Å². The minimum atomic E-state index is -0.567. The Morgan fingerprint density at radius 3 is 2.71 bits per heavy atom. The summed E-state index contributed by atoms with van der Waals surface area (Å²) in [4.78, 5) is 22.9. The number of methoxy groups -OCH3 is 1. The van der Waals surface area contributed by atoms with Gasteiger partial charge in [0.15, 0.2) is 0 Å². The Balaban J connectivity index is 2.23. The van der Waals surface area contributed by atoms with Gasteiger partial charge in [-0.15, -0.1) is 0 Å². The first kappa shape index (κ1) is 12.1. The Labute approximate surface area is 101 Å². The van der Waals surface area contributed by atoms with E-state index in [9.17, 15) is 9.59 Å². The van der Waals surface area contributed by atoms with Gasteiger partial charge in [0.2, 0.25) is 0 Å². The van der Waals surface area contributed by atoms with Gasteiger partial charge in [0, 0.05) is 19.3 Å². The molecule has 0 heterocycles. The fourth-order valence-corrected chi connectivity index (χ4v) is 3.31. The van der Waals surface area contributed by atoms with Gasteiger partial charge < -0.3 is 9.47 Å². The Hall–Kier alpha value is -1.32. The normalized spacial score (nSPS) is 38.9. The quantitative estimate of drug-likeness (QED) is 0.542. The number of carbonyl (C=O) groups excluding carboxylic acids is 2. The molecule has 0 amide bonds. The fraction of sp³-hybridized carbons (Fsp3) is 0.692. The van der Waals surface area contributed by atoms with Crippen LogP contribution in [0.5, 0.6) is 0 Å². The number of fused-ring (bicyclic) bond motifs is 1. The molecule has 0 spiro atoms. The molecule has 0 aliphatic heterocycles. The Bertz CT molecular complexity index is 374. The van der Waals surface area contributed by atoms with E-state index in [0.29, 0.717) is 6.42 Å². The molecule has 0 saturated heterocycles. The molecular weight excluding hydrogens is 220 g/mol. The number of esters is 2. The molecule has 0 aromatic rings. The Kier molecular flexibility index (Phi) is 2.98. The van der Waals surface area contributed by atoms with E-state index < -0.39 is 5.60 Å². The molecule has 94 valence electrons. The summed E-state index contributed by atoms with van der Waals surface area (Å²) in [7, 11) is 1.40. The summed E-state index contributed by atoms with van der Waals surface area (Å²) in [5, 5.41) is 0. The highest BCUT2D eigenvalue weighted by Gasteiger charge is 2.55. The van der Waals surface area contributed by atoms with Gasteiger partial charge in [-0.3, -0.25) is 9.59 Å². The van der Waals surface area contributed by atoms with Crippen LogP contribution >= 0.6 is 0 Å². The van der Waals surface area contributed by atoms with Gasteiger partial charge >= 0.3 is 11.9 Å². The second-order valence-corrected chi connectivity index (χ2v) is 5.09. The van der Waals surface area contributed by atoms with Crippen molar-refractivity contribution in [1.82, 2.24) is 0 Å². The van der Waals surface area contributed by atoms with Crippen molar-refractivity contribution in [3.05, 3.63) is 12.2 Å². The van der Waals surface area contributed by atoms with Crippen LogP contribution in [0, 0.1) is 17.8 Å². The van der Waals surface area contributed by atoms with Gasteiger partial charge in [-0.25, -0.2) is 0 Å². The molecule has 4 nitrogen and oxygen atoms in total. The van der Waals surface area contributed by atoms with Crippen LogP contribution in [0.3, 0.4) is 0 Å². The molecule has 0 aromatic carbocycles. The molecule has 0 radical (unpaired) electrons. The van der Waals surface area contributed by atoms with Crippen LogP contribution in [-0.4, -0.2) is 24.6 Å². The van der Waals surface area contributed by atoms with Gasteiger partial charge in [-0.05, 0) is 19.3 Å². The summed E-state index contributed by atoms with van der Waals surface area (Å²) < 4.78 is 10.3. The number of rotatable bonds is 2. The maximum absolute atomic E-state index is 11.7. The van der Waals surface area contributed by atoms with E-state index in [1.165, 1.54) is 14.0 Å². The van der Waals surface area contributed by atoms with Crippen LogP contribution in [-0.2, 0) is 19.1 Å². The number of hydrogen-bond donors (Lipinski definition) is 0. The first-order valence-electron chi connectivity index (χ1n) is 5.92. The Morgan fingerprint density at radius 1 is 1.41 bits per heavy atom. The summed E-state index contributed by atoms with van der Waals surface area (Å²) in [6.45, 7) is 3.31. The van der Waals surface area contributed by atoms with Crippen molar-refractivity contribution in [3.63, 3.8) is 0 Å². The summed E-state index contributed by atoms with van der Waals surface area (Å²) in [5.41, 5.74) is -0.567. The molecule has 2 aliphatic carbocycles. The third-order valence-corrected chi connectivity index (χ3v) is 3.94. The zero-order valence-corrected chi connectivity index (χ0v) is 10.4. The average Bonchev–Trinajstić information content (AvgIpc) is 2.80. The lowest BCUT2D eigenvalue weighted by Gasteiger charge is -2.29. The van der Waals surface area contributed by atoms with Crippen molar-refractivity contribution in [1.29, 1.82) is 0 Å². The highest BCUT2D eigenvalue weighted by Crippen LogP contribution is 2.52. The highest BCUT2D eigenvalue weighted by atomic mass is 16.6. The standard InChI is InChI=1S/C13H18O4/c1-8(14)17-13(2)7-10(12(15)16-3)9-5-4-6-11(9)13/h4,6,9-11H,5,7H2,1-3H3/t9-,10?,11-,13?/m0/s1. The molecule has 2 rings (SSSR count). The lowest BCUT2D eigenvalue weighted by Crippen LogP contribution is -2.34. The first-order valence-corrected chi connectivity index (χ1v) is 5.92. The van der Waals surface area contributed by atoms with Crippen LogP contribution in [0.25, 0.3) is 0 Å². The van der Waals surface area contributed by atoms with Gasteiger partial charge in [0.1, 0.15) is 5.60 Å². The molecule has 17 heavy (non-hydrogen) atoms. The zero-order chi connectivity index (χ0) is 12.6. The number of carbonyl (C=O) groups is 2. The second-order valence-electron chi connectivity index (χ2n) is 5.09. The van der Waals surface area contributed by atoms with E-state index in [4.69, 9.17) is 9.47 Å². The van der Waals surface area contributed by atoms with E-state index in [2.05, 4.69) is 12.2 Å². The smallest absolute Gasteiger partial charge is 0.309 e. The SMILES string of the molecule is COC(=O)C1CC(C)(OC(C)=O)[C@H]2C=CC[C@@H]12. The first-order chi connectivity index (χ1) is 7.98. The average molecular weight is 238 g/mol. The van der Waals surface area contributed by atoms with E-state index >= 15 is 0 Å². The number of allylic oxidation sites excluding steroid dienone is 1. The van der Waals surface area contributed by atoms with Crippen molar-refractivity contribution in [2.45, 2.75) is 32.3 Å². The molecular formula is C13H18O4. The molecule has 2 unspecified atom stereocenters. The van der Waals surface area contributed by atoms with Crippen molar-refractivity contribution < 1.29 is 19.1 Å². The molecule has 0 bridgehead atoms. The summed E-state index contributed by atoms with van der Waals surface area (Å²) >= 11 is 0. The summed E-state index contributed by atoms with van der Waals surface area (Å²) in [6.07, 6.45) is 5.54. The monoisotopic (exact) mass is 238 g/mol. The molecule has 1 saturated carbocycles. The highest BCUT2D eigenvalue weighted by molar-refractivity contribution is 5.74. The van der Waals surface area contributed by atoms with Crippen LogP contribution < -0.4 is 0 Å². The largest absolute Gasteiger partial charge is 0.469 e. The lowest BCUT2D eigenvalue weighted by atomic mass is 9.88. The fourth-order valence-electron chi connectivity index (χ4n) is 3.31. The minimum Gasteiger partial charge on any atom is -0.469 e. The van der Waals surface area contributed by atoms with Crippen molar-refractivity contribution >= 4 is 11.9 Å². The Morgan fingerprint density at radius 2 is 2.12 bits per heavy atom. The molecule has 2 aliphatic rings. The minimum absolute atomic E-state index is 0.135. The van der Waals surface area contributed by atoms with Crippen LogP contribution in [0.1, 0.15) is 26.7 Å². The van der Waals surface area contributed by atoms with Crippen molar-refractivity contribution in [2.75, 3.05) is 7.11 Å². The molecule has 4 heteroatoms. The maximum Gasteiger partial charge on any atom is 0.309 e. The predicted molar refractivity (Wildman–Crippen MR) is 61.0 cm³/mol. The van der Waals surface area contributed by atoms with Gasteiger partial charge in [0.05, 0.1) is 13.0 Å². The van der Waals surface area contributed by atoms with Gasteiger partial charge in [0.25, 0.3) is 0 Å². The molecule has 1 fully saturated rings. The van der Waals surface area contributed by atoms with E-state index in [0.717, 1.165) is 6.42 Å². The molecule has 0 aromatic heterocycles. The van der Waals surface area contributed by atoms with Gasteiger partial charge in [-0.1, -0.05) is 12.2 Å². The number of hydrogen-bond acceptors (Lipinski definition) is 4. The van der Waals surface area contributed by atoms with E-state index in [-0.39, 0.29) is 29.7 Å². The number of ether oxygens (including phenoxy) is 2. The second kappa shape index (κ2) is 4.17. The third kappa shape index (κ3) is 1.96. The zero-order valence-electron chi connectivity index (χ0n) is 10.4. The van der Waals surface area contributed by atoms with Crippen LogP contribution in [0.2, 0.25) is 0 Å². The summed E-state index contributed by atoms with van der Waals surface area (Å²) in [5.74, 6) is -0.303. The lowest BCUT2D eigenvalue weighted by molar-refractivity contribution is -0.159. The predicted octanol–water partition coefficient (Wildman–Crippen LogP) is 1.69. The topological polar surface area (TPSA) is 52.6 Å². The van der Waals surface area contributed by atoms with Crippen LogP contribution in [0.4, 0.5) is 0 Å². The van der Waals surface area contributed by atoms with Crippen molar-refractivity contribution in [2.24, 2.45) is 17.8 Å². The van der Waals surface area contributed by atoms with E-state index in [1.54, 1.807) is 0 Å². The maximum atomic E-state index is 11.7. The van der Waals surface area contributed by atoms with Crippen LogP contribution in [0.15, 0.2) is 12.2 Å². The van der Waals surface area contributed by atoms with Crippen molar-refractivity contribution in [3.8, 4) is 0 Å². The van der Waals surface area contributed by atoms with E-state index in [1.807, 2.05) is 6.92 Å². The third-order valence-electron chi connectivity index (χ3n) is 3.94. The molecule has 0 N–H and O–H groups in total. The summed E-state index contributed by atoms with van der Waals surface area (Å²) in [6, 6.07) is 0. The molecule has 4 atom stereocenters.